The molecule has 0 unspecified atom stereocenters. The SMILES string of the molecule is Cc1nnc(CNC(=O)c2ccc(Cl)c(Cl)c2)n1-c1sc(C(=O)O)cc1C(=O)c1ccccc1Cl. The van der Waals surface area contributed by atoms with Gasteiger partial charge in [-0.1, -0.05) is 46.9 Å². The number of hydrogen-bond acceptors (Lipinski definition) is 6. The van der Waals surface area contributed by atoms with Gasteiger partial charge in [-0.05, 0) is 43.3 Å². The summed E-state index contributed by atoms with van der Waals surface area (Å²) >= 11 is 19.0. The van der Waals surface area contributed by atoms with E-state index < -0.39 is 17.7 Å². The Morgan fingerprint density at radius 3 is 2.40 bits per heavy atom. The zero-order chi connectivity index (χ0) is 25.3. The Bertz CT molecular complexity index is 1480. The summed E-state index contributed by atoms with van der Waals surface area (Å²) in [6.45, 7) is 1.60. The fourth-order valence-electron chi connectivity index (χ4n) is 3.29. The second kappa shape index (κ2) is 10.2. The molecule has 0 aliphatic rings. The Morgan fingerprint density at radius 2 is 1.71 bits per heavy atom. The molecule has 35 heavy (non-hydrogen) atoms. The van der Waals surface area contributed by atoms with E-state index >= 15 is 0 Å². The van der Waals surface area contributed by atoms with Gasteiger partial charge in [0, 0.05) is 11.1 Å². The molecule has 4 rings (SSSR count). The molecule has 2 N–H and O–H groups in total. The van der Waals surface area contributed by atoms with Crippen LogP contribution < -0.4 is 5.32 Å². The normalized spacial score (nSPS) is 10.9. The molecule has 0 spiro atoms. The predicted molar refractivity (Wildman–Crippen MR) is 133 cm³/mol. The van der Waals surface area contributed by atoms with Crippen LogP contribution in [0.3, 0.4) is 0 Å². The molecule has 8 nitrogen and oxygen atoms in total. The number of nitrogens with zero attached hydrogens (tertiary/aromatic N) is 3. The van der Waals surface area contributed by atoms with Crippen molar-refractivity contribution in [1.29, 1.82) is 0 Å². The van der Waals surface area contributed by atoms with E-state index in [0.29, 0.717) is 27.2 Å². The van der Waals surface area contributed by atoms with E-state index in [-0.39, 0.29) is 32.6 Å². The van der Waals surface area contributed by atoms with Gasteiger partial charge in [0.1, 0.15) is 15.7 Å². The van der Waals surface area contributed by atoms with Crippen LogP contribution in [-0.4, -0.2) is 37.5 Å². The molecule has 0 fully saturated rings. The summed E-state index contributed by atoms with van der Waals surface area (Å²) in [6.07, 6.45) is 0. The monoisotopic (exact) mass is 548 g/mol. The van der Waals surface area contributed by atoms with Crippen molar-refractivity contribution in [3.63, 3.8) is 0 Å². The van der Waals surface area contributed by atoms with Crippen molar-refractivity contribution in [2.24, 2.45) is 0 Å². The number of carbonyl (C=O) groups is 3. The molecule has 0 saturated carbocycles. The highest BCUT2D eigenvalue weighted by atomic mass is 35.5. The highest BCUT2D eigenvalue weighted by molar-refractivity contribution is 7.16. The number of rotatable bonds is 7. The third-order valence-corrected chi connectivity index (χ3v) is 7.15. The molecule has 178 valence electrons. The zero-order valence-electron chi connectivity index (χ0n) is 17.9. The molecule has 2 heterocycles. The summed E-state index contributed by atoms with van der Waals surface area (Å²) in [4.78, 5) is 37.6. The van der Waals surface area contributed by atoms with E-state index in [9.17, 15) is 19.5 Å². The van der Waals surface area contributed by atoms with E-state index in [0.717, 1.165) is 11.3 Å². The molecule has 2 aromatic carbocycles. The lowest BCUT2D eigenvalue weighted by Crippen LogP contribution is -2.24. The Morgan fingerprint density at radius 1 is 0.971 bits per heavy atom. The average molecular weight is 550 g/mol. The molecule has 0 bridgehead atoms. The summed E-state index contributed by atoms with van der Waals surface area (Å²) in [5.41, 5.74) is 0.645. The van der Waals surface area contributed by atoms with Crippen molar-refractivity contribution in [1.82, 2.24) is 20.1 Å². The highest BCUT2D eigenvalue weighted by Crippen LogP contribution is 2.32. The number of halogens is 3. The van der Waals surface area contributed by atoms with Gasteiger partial charge in [-0.2, -0.15) is 0 Å². The second-order valence-electron chi connectivity index (χ2n) is 7.25. The molecule has 2 aromatic heterocycles. The first-order chi connectivity index (χ1) is 16.7. The van der Waals surface area contributed by atoms with Gasteiger partial charge in [-0.3, -0.25) is 14.2 Å². The first kappa shape index (κ1) is 24.9. The maximum atomic E-state index is 13.3. The number of hydrogen-bond donors (Lipinski definition) is 2. The van der Waals surface area contributed by atoms with Crippen LogP contribution in [0.25, 0.3) is 5.00 Å². The molecular weight excluding hydrogens is 535 g/mol. The Labute approximate surface area is 218 Å². The topological polar surface area (TPSA) is 114 Å². The Kier molecular flexibility index (Phi) is 7.23. The highest BCUT2D eigenvalue weighted by Gasteiger charge is 2.26. The molecule has 4 aromatic rings. The van der Waals surface area contributed by atoms with E-state index in [2.05, 4.69) is 15.5 Å². The van der Waals surface area contributed by atoms with Gasteiger partial charge in [-0.25, -0.2) is 4.79 Å². The fourth-order valence-corrected chi connectivity index (χ4v) is 4.87. The molecule has 12 heteroatoms. The minimum Gasteiger partial charge on any atom is -0.477 e. The van der Waals surface area contributed by atoms with Gasteiger partial charge in [0.15, 0.2) is 11.6 Å². The molecule has 0 aliphatic carbocycles. The first-order valence-corrected chi connectivity index (χ1v) is 11.9. The van der Waals surface area contributed by atoms with Gasteiger partial charge in [0.2, 0.25) is 0 Å². The van der Waals surface area contributed by atoms with Crippen LogP contribution in [0.5, 0.6) is 0 Å². The molecule has 0 radical (unpaired) electrons. The molecular formula is C23H15Cl3N4O4S. The van der Waals surface area contributed by atoms with Crippen molar-refractivity contribution in [2.75, 3.05) is 0 Å². The maximum absolute atomic E-state index is 13.3. The molecule has 1 amide bonds. The number of carboxylic acid groups (broad SMARTS) is 1. The van der Waals surface area contributed by atoms with Crippen LogP contribution in [0.1, 0.15) is 47.6 Å². The lowest BCUT2D eigenvalue weighted by atomic mass is 10.0. The Hall–Kier alpha value is -3.24. The van der Waals surface area contributed by atoms with Crippen LogP contribution in [0.15, 0.2) is 48.5 Å². The number of carbonyl (C=O) groups excluding carboxylic acids is 2. The summed E-state index contributed by atoms with van der Waals surface area (Å²) in [5, 5.41) is 21.5. The maximum Gasteiger partial charge on any atom is 0.345 e. The van der Waals surface area contributed by atoms with E-state index in [1.54, 1.807) is 31.2 Å². The van der Waals surface area contributed by atoms with Crippen LogP contribution in [0.2, 0.25) is 15.1 Å². The van der Waals surface area contributed by atoms with Crippen molar-refractivity contribution < 1.29 is 19.5 Å². The van der Waals surface area contributed by atoms with Gasteiger partial charge in [-0.15, -0.1) is 21.5 Å². The minimum atomic E-state index is -1.19. The second-order valence-corrected chi connectivity index (χ2v) is 9.51. The number of benzene rings is 2. The van der Waals surface area contributed by atoms with E-state index in [1.807, 2.05) is 0 Å². The van der Waals surface area contributed by atoms with Crippen LogP contribution in [-0.2, 0) is 6.54 Å². The lowest BCUT2D eigenvalue weighted by Gasteiger charge is -2.11. The summed E-state index contributed by atoms with van der Waals surface area (Å²) < 4.78 is 1.54. The fraction of sp³-hybridized carbons (Fsp3) is 0.0870. The van der Waals surface area contributed by atoms with Gasteiger partial charge in [0.25, 0.3) is 5.91 Å². The Balaban J connectivity index is 1.70. The number of ketones is 1. The van der Waals surface area contributed by atoms with Crippen LogP contribution in [0, 0.1) is 6.92 Å². The third kappa shape index (κ3) is 5.08. The quantitative estimate of drug-likeness (QED) is 0.296. The van der Waals surface area contributed by atoms with Crippen molar-refractivity contribution in [3.05, 3.63) is 96.8 Å². The molecule has 0 saturated heterocycles. The molecule has 0 atom stereocenters. The largest absolute Gasteiger partial charge is 0.477 e. The minimum absolute atomic E-state index is 0.0469. The number of amides is 1. The van der Waals surface area contributed by atoms with Gasteiger partial charge < -0.3 is 10.4 Å². The van der Waals surface area contributed by atoms with Crippen LogP contribution >= 0.6 is 46.1 Å². The third-order valence-electron chi connectivity index (χ3n) is 4.97. The van der Waals surface area contributed by atoms with Gasteiger partial charge >= 0.3 is 5.97 Å². The predicted octanol–water partition coefficient (Wildman–Crippen LogP) is 5.46. The van der Waals surface area contributed by atoms with E-state index in [1.165, 1.54) is 28.8 Å². The number of aryl methyl sites for hydroxylation is 1. The first-order valence-electron chi connectivity index (χ1n) is 9.98. The number of aromatic nitrogens is 3. The van der Waals surface area contributed by atoms with Crippen LogP contribution in [0.4, 0.5) is 0 Å². The number of thiophene rings is 1. The smallest absolute Gasteiger partial charge is 0.345 e. The van der Waals surface area contributed by atoms with E-state index in [4.69, 9.17) is 34.8 Å². The summed E-state index contributed by atoms with van der Waals surface area (Å²) in [6, 6.07) is 12.3. The molecule has 0 aliphatic heterocycles. The summed E-state index contributed by atoms with van der Waals surface area (Å²) in [5.74, 6) is -1.37. The average Bonchev–Trinajstić information content (AvgIpc) is 3.42. The number of aromatic carboxylic acids is 1. The zero-order valence-corrected chi connectivity index (χ0v) is 21.0. The summed E-state index contributed by atoms with van der Waals surface area (Å²) in [7, 11) is 0. The van der Waals surface area contributed by atoms with Gasteiger partial charge in [0.05, 0.1) is 27.2 Å². The lowest BCUT2D eigenvalue weighted by molar-refractivity contribution is 0.0701. The standard InChI is InChI=1S/C23H15Cl3N4O4S/c1-11-28-29-19(10-27-21(32)12-6-7-16(25)17(26)8-12)30(11)22-14(9-18(35-22)23(33)34)20(31)13-4-2-3-5-15(13)24/h2-9H,10H2,1H3,(H,27,32)(H,33,34). The van der Waals surface area contributed by atoms with Crippen molar-refractivity contribution in [2.45, 2.75) is 13.5 Å². The van der Waals surface area contributed by atoms with Crippen molar-refractivity contribution in [3.8, 4) is 5.00 Å². The number of carboxylic acids is 1. The number of nitrogens with one attached hydrogen (secondary N) is 1. The van der Waals surface area contributed by atoms with Crippen molar-refractivity contribution >= 4 is 63.8 Å².